The number of sulfone groups is 1. The van der Waals surface area contributed by atoms with E-state index >= 15 is 0 Å². The van der Waals surface area contributed by atoms with Crippen molar-refractivity contribution in [2.75, 3.05) is 19.3 Å². The maximum atomic E-state index is 11.9. The average molecular weight is 419 g/mol. The molecule has 0 amide bonds. The van der Waals surface area contributed by atoms with Gasteiger partial charge in [-0.3, -0.25) is 0 Å². The number of nitrogens with zero attached hydrogens (tertiary/aromatic N) is 3. The summed E-state index contributed by atoms with van der Waals surface area (Å²) in [5.74, 6) is 0.594. The Balaban J connectivity index is 1.48. The monoisotopic (exact) mass is 418 g/mol. The van der Waals surface area contributed by atoms with Crippen molar-refractivity contribution in [2.45, 2.75) is 17.2 Å². The number of hydrogen-bond acceptors (Lipinski definition) is 5. The Labute approximate surface area is 175 Å². The van der Waals surface area contributed by atoms with Crippen LogP contribution in [0.1, 0.15) is 17.9 Å². The fraction of sp³-hybridized carbons (Fsp3) is 0.217. The molecule has 0 bridgehead atoms. The molecule has 30 heavy (non-hydrogen) atoms. The van der Waals surface area contributed by atoms with E-state index in [1.54, 1.807) is 28.9 Å². The van der Waals surface area contributed by atoms with Crippen LogP contribution in [0.5, 0.6) is 0 Å². The molecule has 2 aromatic heterocycles. The first-order valence-electron chi connectivity index (χ1n) is 9.94. The van der Waals surface area contributed by atoms with E-state index in [9.17, 15) is 8.42 Å². The molecule has 1 unspecified atom stereocenters. The number of fused-ring (bicyclic) bond motifs is 1. The van der Waals surface area contributed by atoms with Gasteiger partial charge in [-0.1, -0.05) is 36.4 Å². The summed E-state index contributed by atoms with van der Waals surface area (Å²) in [6.45, 7) is 2.13. The molecule has 2 aromatic carbocycles. The largest absolute Gasteiger partial charge is 0.316 e. The third-order valence-electron chi connectivity index (χ3n) is 5.71. The lowest BCUT2D eigenvalue weighted by atomic mass is 9.96. The lowest BCUT2D eigenvalue weighted by Crippen LogP contribution is -2.07. The van der Waals surface area contributed by atoms with Crippen molar-refractivity contribution in [1.82, 2.24) is 19.9 Å². The number of benzene rings is 2. The molecule has 6 nitrogen and oxygen atoms in total. The second kappa shape index (κ2) is 7.34. The van der Waals surface area contributed by atoms with Gasteiger partial charge in [0.1, 0.15) is 0 Å². The van der Waals surface area contributed by atoms with Gasteiger partial charge < -0.3 is 5.32 Å². The van der Waals surface area contributed by atoms with Gasteiger partial charge in [-0.05, 0) is 47.7 Å². The molecule has 1 aliphatic heterocycles. The van der Waals surface area contributed by atoms with Gasteiger partial charge in [0.05, 0.1) is 11.1 Å². The highest BCUT2D eigenvalue weighted by molar-refractivity contribution is 7.90. The van der Waals surface area contributed by atoms with E-state index in [2.05, 4.69) is 39.7 Å². The fourth-order valence-corrected chi connectivity index (χ4v) is 4.68. The van der Waals surface area contributed by atoms with Crippen LogP contribution in [-0.2, 0) is 9.84 Å². The van der Waals surface area contributed by atoms with Gasteiger partial charge in [0, 0.05) is 36.3 Å². The number of aromatic nitrogens is 3. The highest BCUT2D eigenvalue weighted by Crippen LogP contribution is 2.29. The van der Waals surface area contributed by atoms with Crippen molar-refractivity contribution in [3.05, 3.63) is 72.7 Å². The maximum absolute atomic E-state index is 11.9. The Hall–Kier alpha value is -3.03. The van der Waals surface area contributed by atoms with E-state index < -0.39 is 9.84 Å². The van der Waals surface area contributed by atoms with Crippen molar-refractivity contribution in [3.8, 4) is 22.3 Å². The van der Waals surface area contributed by atoms with Crippen LogP contribution >= 0.6 is 0 Å². The van der Waals surface area contributed by atoms with E-state index in [4.69, 9.17) is 0 Å². The van der Waals surface area contributed by atoms with Crippen LogP contribution in [0.4, 0.5) is 0 Å². The quantitative estimate of drug-likeness (QED) is 0.549. The summed E-state index contributed by atoms with van der Waals surface area (Å²) >= 11 is 0. The third kappa shape index (κ3) is 3.51. The third-order valence-corrected chi connectivity index (χ3v) is 6.82. The van der Waals surface area contributed by atoms with Crippen molar-refractivity contribution in [2.24, 2.45) is 0 Å². The molecular formula is C23H22N4O2S. The van der Waals surface area contributed by atoms with Crippen molar-refractivity contribution >= 4 is 15.5 Å². The molecule has 3 heterocycles. The molecular weight excluding hydrogens is 396 g/mol. The normalized spacial score (nSPS) is 16.9. The second-order valence-electron chi connectivity index (χ2n) is 7.78. The summed E-state index contributed by atoms with van der Waals surface area (Å²) in [7, 11) is -3.27. The molecule has 5 rings (SSSR count). The van der Waals surface area contributed by atoms with Crippen LogP contribution in [0.2, 0.25) is 0 Å². The van der Waals surface area contributed by atoms with E-state index in [0.29, 0.717) is 11.6 Å². The van der Waals surface area contributed by atoms with Crippen LogP contribution in [0.3, 0.4) is 0 Å². The van der Waals surface area contributed by atoms with Crippen LogP contribution in [-0.4, -0.2) is 42.4 Å². The Morgan fingerprint density at radius 2 is 1.87 bits per heavy atom. The Bertz CT molecular complexity index is 1320. The fourth-order valence-electron chi connectivity index (χ4n) is 4.01. The van der Waals surface area contributed by atoms with Gasteiger partial charge in [0.2, 0.25) is 0 Å². The highest BCUT2D eigenvalue weighted by Gasteiger charge is 2.17. The number of nitrogens with one attached hydrogen (secondary N) is 1. The smallest absolute Gasteiger partial charge is 0.175 e. The molecule has 0 spiro atoms. The van der Waals surface area contributed by atoms with Crippen LogP contribution in [0, 0.1) is 0 Å². The summed E-state index contributed by atoms with van der Waals surface area (Å²) in [6.07, 6.45) is 7.92. The summed E-state index contributed by atoms with van der Waals surface area (Å²) in [5.41, 5.74) is 5.72. The van der Waals surface area contributed by atoms with Gasteiger partial charge in [-0.2, -0.15) is 5.10 Å². The summed E-state index contributed by atoms with van der Waals surface area (Å²) in [6, 6.07) is 15.5. The summed E-state index contributed by atoms with van der Waals surface area (Å²) in [5, 5.41) is 7.86. The number of rotatable bonds is 4. The van der Waals surface area contributed by atoms with Crippen molar-refractivity contribution in [3.63, 3.8) is 0 Å². The highest BCUT2D eigenvalue weighted by atomic mass is 32.2. The standard InChI is InChI=1S/C23H22N4O2S/c1-30(28,29)21-4-2-3-18(11-21)22-14-26-27-15-20(13-25-23(22)27)17-7-5-16(6-8-17)19-9-10-24-12-19/h2-8,11,13-15,19,24H,9-10,12H2,1H3. The van der Waals surface area contributed by atoms with E-state index in [-0.39, 0.29) is 4.90 Å². The van der Waals surface area contributed by atoms with Crippen molar-refractivity contribution < 1.29 is 8.42 Å². The lowest BCUT2D eigenvalue weighted by molar-refractivity contribution is 0.602. The summed E-state index contributed by atoms with van der Waals surface area (Å²) < 4.78 is 25.5. The Morgan fingerprint density at radius 3 is 2.60 bits per heavy atom. The SMILES string of the molecule is CS(=O)(=O)c1cccc(-c2cnn3cc(-c4ccc(C5CCNC5)cc4)cnc23)c1. The second-order valence-corrected chi connectivity index (χ2v) is 9.80. The van der Waals surface area contributed by atoms with Crippen LogP contribution in [0.25, 0.3) is 27.9 Å². The average Bonchev–Trinajstić information content (AvgIpc) is 3.43. The molecule has 7 heteroatoms. The van der Waals surface area contributed by atoms with E-state index in [1.165, 1.54) is 18.2 Å². The minimum Gasteiger partial charge on any atom is -0.316 e. The van der Waals surface area contributed by atoms with Gasteiger partial charge in [0.15, 0.2) is 15.5 Å². The maximum Gasteiger partial charge on any atom is 0.175 e. The zero-order valence-electron chi connectivity index (χ0n) is 16.6. The topological polar surface area (TPSA) is 76.4 Å². The van der Waals surface area contributed by atoms with E-state index in [0.717, 1.165) is 35.3 Å². The Kier molecular flexibility index (Phi) is 4.64. The molecule has 1 fully saturated rings. The van der Waals surface area contributed by atoms with Crippen LogP contribution < -0.4 is 5.32 Å². The first-order valence-corrected chi connectivity index (χ1v) is 11.8. The predicted molar refractivity (Wildman–Crippen MR) is 117 cm³/mol. The number of hydrogen-bond donors (Lipinski definition) is 1. The molecule has 0 radical (unpaired) electrons. The lowest BCUT2D eigenvalue weighted by Gasteiger charge is -2.10. The van der Waals surface area contributed by atoms with E-state index in [1.807, 2.05) is 18.5 Å². The first kappa shape index (κ1) is 19.0. The summed E-state index contributed by atoms with van der Waals surface area (Å²) in [4.78, 5) is 4.91. The zero-order valence-corrected chi connectivity index (χ0v) is 17.4. The Morgan fingerprint density at radius 1 is 1.03 bits per heavy atom. The van der Waals surface area contributed by atoms with Crippen molar-refractivity contribution in [1.29, 1.82) is 0 Å². The predicted octanol–water partition coefficient (Wildman–Crippen LogP) is 3.54. The van der Waals surface area contributed by atoms with Gasteiger partial charge in [-0.15, -0.1) is 0 Å². The molecule has 1 aliphatic rings. The molecule has 0 saturated carbocycles. The molecule has 0 aliphatic carbocycles. The molecule has 1 N–H and O–H groups in total. The minimum atomic E-state index is -3.27. The van der Waals surface area contributed by atoms with Gasteiger partial charge in [-0.25, -0.2) is 17.9 Å². The molecule has 1 atom stereocenters. The van der Waals surface area contributed by atoms with Crippen LogP contribution in [0.15, 0.2) is 72.0 Å². The molecule has 152 valence electrons. The first-order chi connectivity index (χ1) is 14.5. The molecule has 1 saturated heterocycles. The zero-order chi connectivity index (χ0) is 20.7. The molecule has 4 aromatic rings. The van der Waals surface area contributed by atoms with Gasteiger partial charge in [0.25, 0.3) is 0 Å². The minimum absolute atomic E-state index is 0.286. The van der Waals surface area contributed by atoms with Gasteiger partial charge >= 0.3 is 0 Å².